The van der Waals surface area contributed by atoms with Crippen LogP contribution in [0.15, 0.2) is 12.4 Å². The van der Waals surface area contributed by atoms with Crippen molar-refractivity contribution in [3.05, 3.63) is 12.4 Å². The maximum atomic E-state index is 5.30. The third-order valence-corrected chi connectivity index (χ3v) is 1.19. The SMILES string of the molecule is CNC(C)Oc1cn[nH]c1. The molecule has 0 spiro atoms. The highest BCUT2D eigenvalue weighted by molar-refractivity contribution is 5.10. The molecule has 0 saturated heterocycles. The van der Waals surface area contributed by atoms with Gasteiger partial charge in [-0.25, -0.2) is 0 Å². The summed E-state index contributed by atoms with van der Waals surface area (Å²) in [5.41, 5.74) is 0. The van der Waals surface area contributed by atoms with Gasteiger partial charge in [-0.1, -0.05) is 0 Å². The molecule has 1 unspecified atom stereocenters. The lowest BCUT2D eigenvalue weighted by Gasteiger charge is -2.10. The first-order valence-electron chi connectivity index (χ1n) is 3.15. The summed E-state index contributed by atoms with van der Waals surface area (Å²) < 4.78 is 5.30. The molecule has 4 nitrogen and oxygen atoms in total. The normalized spacial score (nSPS) is 13.0. The summed E-state index contributed by atoms with van der Waals surface area (Å²) in [6.07, 6.45) is 3.36. The van der Waals surface area contributed by atoms with E-state index in [0.717, 1.165) is 5.75 Å². The van der Waals surface area contributed by atoms with Gasteiger partial charge in [-0.05, 0) is 14.0 Å². The van der Waals surface area contributed by atoms with Gasteiger partial charge < -0.3 is 4.74 Å². The van der Waals surface area contributed by atoms with E-state index >= 15 is 0 Å². The van der Waals surface area contributed by atoms with Crippen molar-refractivity contribution in [2.24, 2.45) is 0 Å². The number of rotatable bonds is 3. The second kappa shape index (κ2) is 3.22. The number of nitrogens with one attached hydrogen (secondary N) is 2. The Bertz CT molecular complexity index is 173. The van der Waals surface area contributed by atoms with Crippen LogP contribution in [0.1, 0.15) is 6.92 Å². The first-order chi connectivity index (χ1) is 4.83. The van der Waals surface area contributed by atoms with Crippen molar-refractivity contribution in [3.8, 4) is 5.75 Å². The second-order valence-electron chi connectivity index (χ2n) is 1.98. The zero-order chi connectivity index (χ0) is 7.40. The van der Waals surface area contributed by atoms with Crippen molar-refractivity contribution < 1.29 is 4.74 Å². The standard InChI is InChI=1S/C6H11N3O/c1-5(7-2)10-6-3-8-9-4-6/h3-5,7H,1-2H3,(H,8,9). The third kappa shape index (κ3) is 1.73. The number of hydrogen-bond donors (Lipinski definition) is 2. The predicted molar refractivity (Wildman–Crippen MR) is 37.7 cm³/mol. The molecule has 1 heterocycles. The van der Waals surface area contributed by atoms with E-state index in [0.29, 0.717) is 0 Å². The van der Waals surface area contributed by atoms with Crippen LogP contribution in [0, 0.1) is 0 Å². The van der Waals surface area contributed by atoms with E-state index in [1.54, 1.807) is 12.4 Å². The van der Waals surface area contributed by atoms with Crippen LogP contribution in [0.2, 0.25) is 0 Å². The second-order valence-corrected chi connectivity index (χ2v) is 1.98. The Kier molecular flexibility index (Phi) is 2.28. The number of H-pyrrole nitrogens is 1. The van der Waals surface area contributed by atoms with Crippen LogP contribution in [-0.2, 0) is 0 Å². The lowest BCUT2D eigenvalue weighted by molar-refractivity contribution is 0.194. The summed E-state index contributed by atoms with van der Waals surface area (Å²) in [5.74, 6) is 0.752. The molecule has 0 aliphatic heterocycles. The summed E-state index contributed by atoms with van der Waals surface area (Å²) in [7, 11) is 1.84. The van der Waals surface area contributed by atoms with Gasteiger partial charge in [-0.2, -0.15) is 5.10 Å². The number of aromatic nitrogens is 2. The highest BCUT2D eigenvalue weighted by Crippen LogP contribution is 2.05. The Morgan fingerprint density at radius 2 is 2.60 bits per heavy atom. The maximum Gasteiger partial charge on any atom is 0.159 e. The van der Waals surface area contributed by atoms with E-state index in [2.05, 4.69) is 15.5 Å². The average Bonchev–Trinajstić information content (AvgIpc) is 2.40. The van der Waals surface area contributed by atoms with Crippen LogP contribution in [0.25, 0.3) is 0 Å². The van der Waals surface area contributed by atoms with Crippen molar-refractivity contribution in [2.45, 2.75) is 13.2 Å². The number of hydrogen-bond acceptors (Lipinski definition) is 3. The Morgan fingerprint density at radius 3 is 3.10 bits per heavy atom. The zero-order valence-electron chi connectivity index (χ0n) is 6.09. The number of nitrogens with zero attached hydrogens (tertiary/aromatic N) is 1. The first-order valence-corrected chi connectivity index (χ1v) is 3.15. The molecule has 1 rings (SSSR count). The Morgan fingerprint density at radius 1 is 1.80 bits per heavy atom. The smallest absolute Gasteiger partial charge is 0.159 e. The van der Waals surface area contributed by atoms with Crippen LogP contribution < -0.4 is 10.1 Å². The minimum Gasteiger partial charge on any atom is -0.472 e. The summed E-state index contributed by atoms with van der Waals surface area (Å²) in [5, 5.41) is 9.33. The van der Waals surface area contributed by atoms with E-state index in [1.165, 1.54) is 0 Å². The fourth-order valence-corrected chi connectivity index (χ4v) is 0.567. The van der Waals surface area contributed by atoms with Gasteiger partial charge in [0.1, 0.15) is 6.23 Å². The maximum absolute atomic E-state index is 5.30. The molecule has 0 aromatic carbocycles. The molecule has 1 aromatic rings. The molecule has 2 N–H and O–H groups in total. The molecular formula is C6H11N3O. The van der Waals surface area contributed by atoms with E-state index in [1.807, 2.05) is 14.0 Å². The highest BCUT2D eigenvalue weighted by Gasteiger charge is 1.98. The molecule has 1 atom stereocenters. The van der Waals surface area contributed by atoms with Gasteiger partial charge in [0.15, 0.2) is 5.75 Å². The van der Waals surface area contributed by atoms with Crippen LogP contribution in [0.3, 0.4) is 0 Å². The van der Waals surface area contributed by atoms with Gasteiger partial charge in [0, 0.05) is 0 Å². The summed E-state index contributed by atoms with van der Waals surface area (Å²) in [4.78, 5) is 0. The van der Waals surface area contributed by atoms with Crippen LogP contribution in [-0.4, -0.2) is 23.5 Å². The van der Waals surface area contributed by atoms with Crippen molar-refractivity contribution in [2.75, 3.05) is 7.05 Å². The van der Waals surface area contributed by atoms with Crippen LogP contribution >= 0.6 is 0 Å². The van der Waals surface area contributed by atoms with Gasteiger partial charge in [0.25, 0.3) is 0 Å². The molecule has 4 heteroatoms. The van der Waals surface area contributed by atoms with Gasteiger partial charge in [-0.15, -0.1) is 0 Å². The minimum atomic E-state index is 0.0256. The first kappa shape index (κ1) is 7.08. The Labute approximate surface area is 59.6 Å². The van der Waals surface area contributed by atoms with Gasteiger partial charge in [0.05, 0.1) is 12.4 Å². The minimum absolute atomic E-state index is 0.0256. The predicted octanol–water partition coefficient (Wildman–Crippen LogP) is 0.354. The summed E-state index contributed by atoms with van der Waals surface area (Å²) >= 11 is 0. The molecule has 0 saturated carbocycles. The molecule has 1 aromatic heterocycles. The van der Waals surface area contributed by atoms with Crippen molar-refractivity contribution in [1.82, 2.24) is 15.5 Å². The Balaban J connectivity index is 2.40. The number of aromatic amines is 1. The summed E-state index contributed by atoms with van der Waals surface area (Å²) in [6, 6.07) is 0. The lowest BCUT2D eigenvalue weighted by Crippen LogP contribution is -2.27. The highest BCUT2D eigenvalue weighted by atomic mass is 16.5. The lowest BCUT2D eigenvalue weighted by atomic mass is 10.6. The number of ether oxygens (including phenoxy) is 1. The zero-order valence-corrected chi connectivity index (χ0v) is 6.09. The van der Waals surface area contributed by atoms with Crippen molar-refractivity contribution in [3.63, 3.8) is 0 Å². The molecular weight excluding hydrogens is 130 g/mol. The van der Waals surface area contributed by atoms with Crippen molar-refractivity contribution >= 4 is 0 Å². The molecule has 0 amide bonds. The average molecular weight is 141 g/mol. The monoisotopic (exact) mass is 141 g/mol. The van der Waals surface area contributed by atoms with E-state index < -0.39 is 0 Å². The quantitative estimate of drug-likeness (QED) is 0.597. The van der Waals surface area contributed by atoms with Gasteiger partial charge >= 0.3 is 0 Å². The topological polar surface area (TPSA) is 49.9 Å². The van der Waals surface area contributed by atoms with Gasteiger partial charge in [-0.3, -0.25) is 10.4 Å². The Hall–Kier alpha value is -1.03. The van der Waals surface area contributed by atoms with Crippen LogP contribution in [0.5, 0.6) is 5.75 Å². The molecule has 10 heavy (non-hydrogen) atoms. The van der Waals surface area contributed by atoms with Crippen LogP contribution in [0.4, 0.5) is 0 Å². The third-order valence-electron chi connectivity index (χ3n) is 1.19. The van der Waals surface area contributed by atoms with Crippen molar-refractivity contribution in [1.29, 1.82) is 0 Å². The fraction of sp³-hybridized carbons (Fsp3) is 0.500. The fourth-order valence-electron chi connectivity index (χ4n) is 0.567. The van der Waals surface area contributed by atoms with E-state index in [9.17, 15) is 0 Å². The molecule has 0 fully saturated rings. The van der Waals surface area contributed by atoms with Gasteiger partial charge in [0.2, 0.25) is 0 Å². The molecule has 0 radical (unpaired) electrons. The van der Waals surface area contributed by atoms with E-state index in [4.69, 9.17) is 4.74 Å². The largest absolute Gasteiger partial charge is 0.472 e. The molecule has 0 aliphatic rings. The molecule has 0 bridgehead atoms. The van der Waals surface area contributed by atoms with E-state index in [-0.39, 0.29) is 6.23 Å². The molecule has 0 aliphatic carbocycles. The molecule has 56 valence electrons. The summed E-state index contributed by atoms with van der Waals surface area (Å²) in [6.45, 7) is 1.92.